The Kier molecular flexibility index (Phi) is 4.39. The van der Waals surface area contributed by atoms with E-state index in [0.717, 1.165) is 42.3 Å². The van der Waals surface area contributed by atoms with Crippen LogP contribution in [0, 0.1) is 17.8 Å². The summed E-state index contributed by atoms with van der Waals surface area (Å²) in [5, 5.41) is 0. The molecule has 2 aliphatic rings. The molecule has 1 aromatic rings. The third-order valence-electron chi connectivity index (χ3n) is 5.12. The zero-order valence-corrected chi connectivity index (χ0v) is 13.2. The summed E-state index contributed by atoms with van der Waals surface area (Å²) in [6.45, 7) is 2.86. The summed E-state index contributed by atoms with van der Waals surface area (Å²) in [6, 6.07) is 6.33. The maximum atomic E-state index is 6.12. The smallest absolute Gasteiger partial charge is 0.161 e. The highest BCUT2D eigenvalue weighted by Crippen LogP contribution is 2.48. The molecule has 3 nitrogen and oxygen atoms in total. The van der Waals surface area contributed by atoms with Crippen molar-refractivity contribution < 1.29 is 9.47 Å². The molecule has 0 saturated heterocycles. The van der Waals surface area contributed by atoms with Gasteiger partial charge in [-0.3, -0.25) is 0 Å². The average molecular weight is 289 g/mol. The highest BCUT2D eigenvalue weighted by atomic mass is 16.5. The first-order valence-electron chi connectivity index (χ1n) is 8.21. The van der Waals surface area contributed by atoms with Gasteiger partial charge in [-0.1, -0.05) is 12.5 Å². The lowest BCUT2D eigenvalue weighted by Crippen LogP contribution is -2.19. The summed E-state index contributed by atoms with van der Waals surface area (Å²) in [7, 11) is 1.70. The average Bonchev–Trinajstić information content (AvgIpc) is 3.07. The van der Waals surface area contributed by atoms with E-state index in [1.165, 1.54) is 31.2 Å². The fourth-order valence-corrected chi connectivity index (χ4v) is 4.11. The molecule has 2 bridgehead atoms. The topological polar surface area (TPSA) is 44.5 Å². The van der Waals surface area contributed by atoms with Gasteiger partial charge in [-0.2, -0.15) is 0 Å². The molecule has 4 atom stereocenters. The van der Waals surface area contributed by atoms with Crippen LogP contribution in [-0.4, -0.2) is 19.8 Å². The van der Waals surface area contributed by atoms with Crippen molar-refractivity contribution >= 4 is 0 Å². The summed E-state index contributed by atoms with van der Waals surface area (Å²) in [5.41, 5.74) is 7.10. The van der Waals surface area contributed by atoms with Crippen molar-refractivity contribution in [3.05, 3.63) is 23.8 Å². The molecule has 0 radical (unpaired) electrons. The van der Waals surface area contributed by atoms with Gasteiger partial charge in [0.1, 0.15) is 0 Å². The first-order chi connectivity index (χ1) is 10.2. The molecule has 2 saturated carbocycles. The van der Waals surface area contributed by atoms with Crippen molar-refractivity contribution in [1.82, 2.24) is 0 Å². The van der Waals surface area contributed by atoms with Crippen LogP contribution in [0.4, 0.5) is 0 Å². The van der Waals surface area contributed by atoms with Gasteiger partial charge in [0.25, 0.3) is 0 Å². The van der Waals surface area contributed by atoms with E-state index in [0.29, 0.717) is 0 Å². The monoisotopic (exact) mass is 289 g/mol. The van der Waals surface area contributed by atoms with E-state index in [4.69, 9.17) is 15.2 Å². The molecule has 21 heavy (non-hydrogen) atoms. The summed E-state index contributed by atoms with van der Waals surface area (Å²) < 4.78 is 11.5. The molecular weight excluding hydrogens is 262 g/mol. The second-order valence-corrected chi connectivity index (χ2v) is 6.91. The van der Waals surface area contributed by atoms with Crippen molar-refractivity contribution in [2.45, 2.75) is 45.1 Å². The van der Waals surface area contributed by atoms with E-state index in [-0.39, 0.29) is 6.04 Å². The number of nitrogens with two attached hydrogens (primary N) is 1. The zero-order chi connectivity index (χ0) is 14.8. The fourth-order valence-electron chi connectivity index (χ4n) is 4.11. The molecule has 1 aromatic carbocycles. The van der Waals surface area contributed by atoms with E-state index in [2.05, 4.69) is 12.1 Å². The van der Waals surface area contributed by atoms with Crippen molar-refractivity contribution in [3.8, 4) is 11.5 Å². The Morgan fingerprint density at radius 2 is 2.10 bits per heavy atom. The molecule has 0 amide bonds. The van der Waals surface area contributed by atoms with Gasteiger partial charge in [-0.25, -0.2) is 0 Å². The molecule has 3 heteroatoms. The lowest BCUT2D eigenvalue weighted by Gasteiger charge is -2.22. The lowest BCUT2D eigenvalue weighted by molar-refractivity contribution is 0.189. The first kappa shape index (κ1) is 14.7. The van der Waals surface area contributed by atoms with Gasteiger partial charge < -0.3 is 15.2 Å². The van der Waals surface area contributed by atoms with Crippen molar-refractivity contribution in [1.29, 1.82) is 0 Å². The number of benzene rings is 1. The number of fused-ring (bicyclic) bond motifs is 2. The molecular formula is C18H27NO2. The van der Waals surface area contributed by atoms with Gasteiger partial charge in [0, 0.05) is 6.04 Å². The normalized spacial score (nSPS) is 28.6. The standard InChI is InChI=1S/C18H27NO2/c1-12(19)7-13-4-6-17(20-2)18(10-13)21-11-16-9-14-3-5-15(16)8-14/h4,6,10,12,14-16H,3,5,7-9,11,19H2,1-2H3. The van der Waals surface area contributed by atoms with Crippen LogP contribution in [-0.2, 0) is 6.42 Å². The summed E-state index contributed by atoms with van der Waals surface area (Å²) >= 11 is 0. The number of hydrogen-bond acceptors (Lipinski definition) is 3. The second kappa shape index (κ2) is 6.27. The van der Waals surface area contributed by atoms with E-state index in [1.807, 2.05) is 13.0 Å². The highest BCUT2D eigenvalue weighted by molar-refractivity contribution is 5.43. The van der Waals surface area contributed by atoms with E-state index < -0.39 is 0 Å². The highest BCUT2D eigenvalue weighted by Gasteiger charge is 2.39. The first-order valence-corrected chi connectivity index (χ1v) is 8.21. The Balaban J connectivity index is 1.65. The van der Waals surface area contributed by atoms with E-state index in [1.54, 1.807) is 7.11 Å². The van der Waals surface area contributed by atoms with Gasteiger partial charge in [0.2, 0.25) is 0 Å². The molecule has 0 heterocycles. The maximum absolute atomic E-state index is 6.12. The van der Waals surface area contributed by atoms with E-state index >= 15 is 0 Å². The quantitative estimate of drug-likeness (QED) is 0.873. The van der Waals surface area contributed by atoms with Gasteiger partial charge >= 0.3 is 0 Å². The van der Waals surface area contributed by atoms with Crippen LogP contribution in [0.3, 0.4) is 0 Å². The van der Waals surface area contributed by atoms with Gasteiger partial charge in [0.05, 0.1) is 13.7 Å². The Hall–Kier alpha value is -1.22. The summed E-state index contributed by atoms with van der Waals surface area (Å²) in [5.74, 6) is 4.30. The van der Waals surface area contributed by atoms with Crippen LogP contribution < -0.4 is 15.2 Å². The molecule has 0 aromatic heterocycles. The zero-order valence-electron chi connectivity index (χ0n) is 13.2. The number of rotatable bonds is 6. The molecule has 0 spiro atoms. The number of methoxy groups -OCH3 is 1. The Morgan fingerprint density at radius 1 is 1.24 bits per heavy atom. The molecule has 2 N–H and O–H groups in total. The minimum atomic E-state index is 0.164. The molecule has 116 valence electrons. The van der Waals surface area contributed by atoms with Gasteiger partial charge in [-0.05, 0) is 68.1 Å². The van der Waals surface area contributed by atoms with Crippen LogP contribution in [0.15, 0.2) is 18.2 Å². The Labute approximate surface area is 127 Å². The predicted octanol–water partition coefficient (Wildman–Crippen LogP) is 3.40. The summed E-state index contributed by atoms with van der Waals surface area (Å²) in [6.07, 6.45) is 6.49. The van der Waals surface area contributed by atoms with Crippen LogP contribution >= 0.6 is 0 Å². The number of ether oxygens (including phenoxy) is 2. The minimum Gasteiger partial charge on any atom is -0.493 e. The summed E-state index contributed by atoms with van der Waals surface area (Å²) in [4.78, 5) is 0. The second-order valence-electron chi connectivity index (χ2n) is 6.91. The third-order valence-corrected chi connectivity index (χ3v) is 5.12. The molecule has 4 unspecified atom stereocenters. The maximum Gasteiger partial charge on any atom is 0.161 e. The van der Waals surface area contributed by atoms with Crippen LogP contribution in [0.25, 0.3) is 0 Å². The van der Waals surface area contributed by atoms with Crippen molar-refractivity contribution in [3.63, 3.8) is 0 Å². The van der Waals surface area contributed by atoms with E-state index in [9.17, 15) is 0 Å². The SMILES string of the molecule is COc1ccc(CC(C)N)cc1OCC1CC2CCC1C2. The van der Waals surface area contributed by atoms with Gasteiger partial charge in [0.15, 0.2) is 11.5 Å². The largest absolute Gasteiger partial charge is 0.493 e. The Morgan fingerprint density at radius 3 is 2.71 bits per heavy atom. The van der Waals surface area contributed by atoms with Crippen LogP contribution in [0.1, 0.15) is 38.2 Å². The van der Waals surface area contributed by atoms with Crippen molar-refractivity contribution in [2.75, 3.05) is 13.7 Å². The van der Waals surface area contributed by atoms with Crippen LogP contribution in [0.5, 0.6) is 11.5 Å². The minimum absolute atomic E-state index is 0.164. The number of hydrogen-bond donors (Lipinski definition) is 1. The van der Waals surface area contributed by atoms with Crippen molar-refractivity contribution in [2.24, 2.45) is 23.5 Å². The molecule has 2 fully saturated rings. The molecule has 2 aliphatic carbocycles. The third kappa shape index (κ3) is 3.34. The predicted molar refractivity (Wildman–Crippen MR) is 84.8 cm³/mol. The molecule has 0 aliphatic heterocycles. The molecule has 3 rings (SSSR count). The lowest BCUT2D eigenvalue weighted by atomic mass is 9.89. The fraction of sp³-hybridized carbons (Fsp3) is 0.667. The Bertz CT molecular complexity index is 486. The van der Waals surface area contributed by atoms with Gasteiger partial charge in [-0.15, -0.1) is 0 Å². The van der Waals surface area contributed by atoms with Crippen LogP contribution in [0.2, 0.25) is 0 Å².